The van der Waals surface area contributed by atoms with Crippen molar-refractivity contribution in [2.75, 3.05) is 7.05 Å². The summed E-state index contributed by atoms with van der Waals surface area (Å²) >= 11 is 5.90. The number of aromatic amines is 1. The van der Waals surface area contributed by atoms with Crippen LogP contribution in [0.5, 0.6) is 0 Å². The van der Waals surface area contributed by atoms with E-state index in [9.17, 15) is 4.79 Å². The van der Waals surface area contributed by atoms with Crippen molar-refractivity contribution < 1.29 is 4.79 Å². The number of aromatic nitrogens is 1. The lowest BCUT2D eigenvalue weighted by Gasteiger charge is -2.07. The van der Waals surface area contributed by atoms with Gasteiger partial charge < -0.3 is 15.1 Å². The Bertz CT molecular complexity index is 507. The number of likely N-dealkylation sites (N-methyl/N-ethyl adjacent to an activating group) is 1. The van der Waals surface area contributed by atoms with E-state index in [0.29, 0.717) is 11.4 Å². The van der Waals surface area contributed by atoms with Crippen molar-refractivity contribution >= 4 is 28.8 Å². The van der Waals surface area contributed by atoms with Gasteiger partial charge in [0.05, 0.1) is 6.04 Å². The lowest BCUT2D eigenvalue weighted by atomic mass is 10.1. The van der Waals surface area contributed by atoms with Crippen LogP contribution in [-0.4, -0.2) is 24.4 Å². The number of aldehydes is 1. The molecule has 2 rings (SSSR count). The van der Waals surface area contributed by atoms with Gasteiger partial charge in [0.15, 0.2) is 0 Å². The summed E-state index contributed by atoms with van der Waals surface area (Å²) in [5, 5.41) is 4.78. The van der Waals surface area contributed by atoms with Crippen LogP contribution in [0.2, 0.25) is 5.02 Å². The molecule has 1 atom stereocenters. The zero-order valence-corrected chi connectivity index (χ0v) is 9.71. The van der Waals surface area contributed by atoms with Gasteiger partial charge in [-0.3, -0.25) is 0 Å². The molecule has 1 aromatic carbocycles. The van der Waals surface area contributed by atoms with E-state index in [-0.39, 0.29) is 6.04 Å². The molecule has 0 spiro atoms. The van der Waals surface area contributed by atoms with Crippen LogP contribution in [0.15, 0.2) is 24.4 Å². The zero-order valence-electron chi connectivity index (χ0n) is 8.96. The number of halogens is 1. The summed E-state index contributed by atoms with van der Waals surface area (Å²) < 4.78 is 0. The average Bonchev–Trinajstić information content (AvgIpc) is 2.68. The maximum absolute atomic E-state index is 10.8. The molecule has 1 aromatic heterocycles. The number of carbonyl (C=O) groups excluding carboxylic acids is 1. The maximum atomic E-state index is 10.8. The molecule has 0 radical (unpaired) electrons. The Morgan fingerprint density at radius 1 is 1.56 bits per heavy atom. The molecule has 0 bridgehead atoms. The van der Waals surface area contributed by atoms with Crippen LogP contribution in [0, 0.1) is 0 Å². The first-order valence-corrected chi connectivity index (χ1v) is 5.50. The summed E-state index contributed by atoms with van der Waals surface area (Å²) in [6.07, 6.45) is 3.53. The van der Waals surface area contributed by atoms with Crippen LogP contribution >= 0.6 is 11.6 Å². The molecule has 0 fully saturated rings. The summed E-state index contributed by atoms with van der Waals surface area (Å²) in [5.41, 5.74) is 2.13. The van der Waals surface area contributed by atoms with Gasteiger partial charge >= 0.3 is 0 Å². The Labute approximate surface area is 98.8 Å². The van der Waals surface area contributed by atoms with E-state index in [4.69, 9.17) is 11.6 Å². The van der Waals surface area contributed by atoms with Crippen LogP contribution in [0.25, 0.3) is 10.9 Å². The number of fused-ring (bicyclic) bond motifs is 1. The number of benzene rings is 1. The number of H-pyrrole nitrogens is 1. The first-order chi connectivity index (χ1) is 7.74. The molecule has 0 unspecified atom stereocenters. The lowest BCUT2D eigenvalue weighted by Crippen LogP contribution is -2.28. The van der Waals surface area contributed by atoms with Crippen molar-refractivity contribution in [2.24, 2.45) is 0 Å². The molecule has 84 valence electrons. The Morgan fingerprint density at radius 3 is 3.06 bits per heavy atom. The van der Waals surface area contributed by atoms with E-state index in [2.05, 4.69) is 10.3 Å². The summed E-state index contributed by atoms with van der Waals surface area (Å²) in [5.74, 6) is 0. The average molecular weight is 237 g/mol. The molecule has 0 aliphatic rings. The molecule has 0 aliphatic carbocycles. The number of hydrogen-bond acceptors (Lipinski definition) is 2. The van der Waals surface area contributed by atoms with Crippen molar-refractivity contribution in [3.63, 3.8) is 0 Å². The topological polar surface area (TPSA) is 44.9 Å². The molecule has 0 saturated heterocycles. The third-order valence-corrected chi connectivity index (χ3v) is 2.94. The number of carbonyl (C=O) groups is 1. The molecular formula is C12H13ClN2O. The van der Waals surface area contributed by atoms with Crippen molar-refractivity contribution in [3.05, 3.63) is 35.0 Å². The minimum Gasteiger partial charge on any atom is -0.361 e. The van der Waals surface area contributed by atoms with Gasteiger partial charge in [-0.1, -0.05) is 17.7 Å². The van der Waals surface area contributed by atoms with Gasteiger partial charge in [-0.05, 0) is 31.2 Å². The van der Waals surface area contributed by atoms with Crippen LogP contribution in [0.4, 0.5) is 0 Å². The Morgan fingerprint density at radius 2 is 2.38 bits per heavy atom. The van der Waals surface area contributed by atoms with E-state index in [1.54, 1.807) is 7.05 Å². The van der Waals surface area contributed by atoms with E-state index >= 15 is 0 Å². The van der Waals surface area contributed by atoms with Gasteiger partial charge in [-0.2, -0.15) is 0 Å². The quantitative estimate of drug-likeness (QED) is 0.799. The highest BCUT2D eigenvalue weighted by atomic mass is 35.5. The van der Waals surface area contributed by atoms with Gasteiger partial charge in [-0.15, -0.1) is 0 Å². The van der Waals surface area contributed by atoms with Crippen LogP contribution < -0.4 is 5.32 Å². The van der Waals surface area contributed by atoms with Gasteiger partial charge in [0.25, 0.3) is 0 Å². The highest BCUT2D eigenvalue weighted by Gasteiger charge is 2.09. The molecule has 0 amide bonds. The largest absolute Gasteiger partial charge is 0.361 e. The fraction of sp³-hybridized carbons (Fsp3) is 0.250. The van der Waals surface area contributed by atoms with Crippen molar-refractivity contribution in [2.45, 2.75) is 12.5 Å². The minimum atomic E-state index is -0.144. The predicted molar refractivity (Wildman–Crippen MR) is 65.9 cm³/mol. The van der Waals surface area contributed by atoms with Gasteiger partial charge in [0, 0.05) is 22.1 Å². The van der Waals surface area contributed by atoms with E-state index in [0.717, 1.165) is 22.8 Å². The highest BCUT2D eigenvalue weighted by molar-refractivity contribution is 6.31. The molecule has 0 aliphatic heterocycles. The molecule has 4 heteroatoms. The fourth-order valence-corrected chi connectivity index (χ4v) is 1.95. The van der Waals surface area contributed by atoms with E-state index in [1.807, 2.05) is 24.4 Å². The summed E-state index contributed by atoms with van der Waals surface area (Å²) in [7, 11) is 1.78. The highest BCUT2D eigenvalue weighted by Crippen LogP contribution is 2.22. The third-order valence-electron chi connectivity index (χ3n) is 2.70. The molecule has 2 N–H and O–H groups in total. The Kier molecular flexibility index (Phi) is 3.27. The number of rotatable bonds is 4. The normalized spacial score (nSPS) is 12.9. The molecule has 2 aromatic rings. The van der Waals surface area contributed by atoms with E-state index < -0.39 is 0 Å². The second-order valence-electron chi connectivity index (χ2n) is 3.74. The minimum absolute atomic E-state index is 0.144. The summed E-state index contributed by atoms with van der Waals surface area (Å²) in [6, 6.07) is 5.57. The van der Waals surface area contributed by atoms with E-state index in [1.165, 1.54) is 0 Å². The van der Waals surface area contributed by atoms with Gasteiger partial charge in [0.2, 0.25) is 0 Å². The van der Waals surface area contributed by atoms with Gasteiger partial charge in [0.1, 0.15) is 6.29 Å². The lowest BCUT2D eigenvalue weighted by molar-refractivity contribution is -0.109. The first-order valence-electron chi connectivity index (χ1n) is 5.12. The smallest absolute Gasteiger partial charge is 0.137 e. The molecular weight excluding hydrogens is 224 g/mol. The van der Waals surface area contributed by atoms with Crippen molar-refractivity contribution in [3.8, 4) is 0 Å². The van der Waals surface area contributed by atoms with Crippen molar-refractivity contribution in [1.29, 1.82) is 0 Å². The molecule has 3 nitrogen and oxygen atoms in total. The van der Waals surface area contributed by atoms with Crippen molar-refractivity contribution in [1.82, 2.24) is 10.3 Å². The van der Waals surface area contributed by atoms with Crippen LogP contribution in [-0.2, 0) is 11.2 Å². The van der Waals surface area contributed by atoms with Crippen LogP contribution in [0.1, 0.15) is 5.56 Å². The first kappa shape index (κ1) is 11.2. The third kappa shape index (κ3) is 2.10. The second-order valence-corrected chi connectivity index (χ2v) is 4.18. The predicted octanol–water partition coefficient (Wildman–Crippen LogP) is 2.15. The van der Waals surface area contributed by atoms with Crippen LogP contribution in [0.3, 0.4) is 0 Å². The number of hydrogen-bond donors (Lipinski definition) is 2. The second kappa shape index (κ2) is 4.68. The maximum Gasteiger partial charge on any atom is 0.137 e. The molecule has 0 saturated carbocycles. The monoisotopic (exact) mass is 236 g/mol. The van der Waals surface area contributed by atoms with Gasteiger partial charge in [-0.25, -0.2) is 0 Å². The fourth-order valence-electron chi connectivity index (χ4n) is 1.78. The Balaban J connectivity index is 2.34. The summed E-state index contributed by atoms with van der Waals surface area (Å²) in [6.45, 7) is 0. The summed E-state index contributed by atoms with van der Waals surface area (Å²) in [4.78, 5) is 13.9. The number of nitrogens with one attached hydrogen (secondary N) is 2. The molecule has 1 heterocycles. The standard InChI is InChI=1S/C12H13ClN2O/c1-14-10(7-16)4-8-6-15-12-5-9(13)2-3-11(8)12/h2-3,5-7,10,14-15H,4H2,1H3/t10-/m0/s1. The molecule has 16 heavy (non-hydrogen) atoms. The zero-order chi connectivity index (χ0) is 11.5. The Hall–Kier alpha value is -1.32. The SMILES string of the molecule is CN[C@H](C=O)Cc1c[nH]c2cc(Cl)ccc12.